The van der Waals surface area contributed by atoms with E-state index in [4.69, 9.17) is 0 Å². The lowest BCUT2D eigenvalue weighted by Crippen LogP contribution is -2.31. The van der Waals surface area contributed by atoms with Crippen LogP contribution in [-0.2, 0) is 4.79 Å². The predicted molar refractivity (Wildman–Crippen MR) is 85.6 cm³/mol. The van der Waals surface area contributed by atoms with E-state index in [1.54, 1.807) is 0 Å². The Labute approximate surface area is 126 Å². The fourth-order valence-corrected chi connectivity index (χ4v) is 1.93. The van der Waals surface area contributed by atoms with E-state index in [1.165, 1.54) is 0 Å². The lowest BCUT2D eigenvalue weighted by molar-refractivity contribution is -0.120. The first kappa shape index (κ1) is 17.0. The average molecular weight is 291 g/mol. The number of rotatable bonds is 8. The first-order valence-electron chi connectivity index (χ1n) is 7.47. The van der Waals surface area contributed by atoms with Crippen LogP contribution in [0.25, 0.3) is 0 Å². The molecule has 0 atom stereocenters. The molecule has 0 fully saturated rings. The maximum atomic E-state index is 12.2. The van der Waals surface area contributed by atoms with Crippen molar-refractivity contribution in [3.63, 3.8) is 0 Å². The summed E-state index contributed by atoms with van der Waals surface area (Å²) >= 11 is 0. The lowest BCUT2D eigenvalue weighted by Gasteiger charge is -2.12. The molecule has 0 aliphatic carbocycles. The van der Waals surface area contributed by atoms with E-state index in [0.717, 1.165) is 24.2 Å². The minimum atomic E-state index is -0.155. The molecule has 1 rings (SSSR count). The van der Waals surface area contributed by atoms with Gasteiger partial charge < -0.3 is 16.0 Å². The van der Waals surface area contributed by atoms with Crippen molar-refractivity contribution in [1.29, 1.82) is 0 Å². The molecule has 5 heteroatoms. The van der Waals surface area contributed by atoms with E-state index in [1.807, 2.05) is 32.0 Å². The highest BCUT2D eigenvalue weighted by atomic mass is 16.2. The molecular formula is C16H25N3O2. The van der Waals surface area contributed by atoms with Crippen LogP contribution >= 0.6 is 0 Å². The topological polar surface area (TPSA) is 70.2 Å². The molecule has 0 saturated carbocycles. The smallest absolute Gasteiger partial charge is 0.253 e. The van der Waals surface area contributed by atoms with Gasteiger partial charge in [-0.05, 0) is 38.0 Å². The number of amides is 2. The Balaban J connectivity index is 2.62. The van der Waals surface area contributed by atoms with Crippen LogP contribution in [0.15, 0.2) is 18.2 Å². The second kappa shape index (κ2) is 9.00. The summed E-state index contributed by atoms with van der Waals surface area (Å²) in [6, 6.07) is 5.69. The summed E-state index contributed by atoms with van der Waals surface area (Å²) in [5.74, 6) is -0.205. The first-order valence-corrected chi connectivity index (χ1v) is 7.47. The zero-order chi connectivity index (χ0) is 15.7. The Bertz CT molecular complexity index is 486. The standard InChI is InChI=1S/C16H25N3O2/c1-4-9-18-14-11-12(3)6-7-13(14)16(21)19-10-8-15(20)17-5-2/h6-7,11,18H,4-5,8-10H2,1-3H3,(H,17,20)(H,19,21). The molecule has 0 aromatic heterocycles. The fraction of sp³-hybridized carbons (Fsp3) is 0.500. The van der Waals surface area contributed by atoms with Crippen molar-refractivity contribution in [2.75, 3.05) is 25.0 Å². The van der Waals surface area contributed by atoms with Crippen molar-refractivity contribution in [3.05, 3.63) is 29.3 Å². The summed E-state index contributed by atoms with van der Waals surface area (Å²) in [7, 11) is 0. The zero-order valence-corrected chi connectivity index (χ0v) is 13.1. The van der Waals surface area contributed by atoms with Crippen molar-refractivity contribution >= 4 is 17.5 Å². The maximum Gasteiger partial charge on any atom is 0.253 e. The van der Waals surface area contributed by atoms with Gasteiger partial charge in [-0.3, -0.25) is 9.59 Å². The highest BCUT2D eigenvalue weighted by Gasteiger charge is 2.11. The molecule has 1 aromatic carbocycles. The summed E-state index contributed by atoms with van der Waals surface area (Å²) in [5, 5.41) is 8.75. The van der Waals surface area contributed by atoms with Gasteiger partial charge in [-0.2, -0.15) is 0 Å². The third-order valence-corrected chi connectivity index (χ3v) is 3.00. The molecule has 116 valence electrons. The number of hydrogen-bond acceptors (Lipinski definition) is 3. The van der Waals surface area contributed by atoms with Gasteiger partial charge in [0.15, 0.2) is 0 Å². The largest absolute Gasteiger partial charge is 0.384 e. The summed E-state index contributed by atoms with van der Waals surface area (Å²) in [6.07, 6.45) is 1.29. The highest BCUT2D eigenvalue weighted by Crippen LogP contribution is 2.17. The number of hydrogen-bond donors (Lipinski definition) is 3. The Morgan fingerprint density at radius 1 is 1.10 bits per heavy atom. The monoisotopic (exact) mass is 291 g/mol. The quantitative estimate of drug-likeness (QED) is 0.687. The van der Waals surface area contributed by atoms with Crippen molar-refractivity contribution in [1.82, 2.24) is 10.6 Å². The summed E-state index contributed by atoms with van der Waals surface area (Å²) in [5.41, 5.74) is 2.56. The van der Waals surface area contributed by atoms with Gasteiger partial charge in [-0.1, -0.05) is 13.0 Å². The van der Waals surface area contributed by atoms with Crippen molar-refractivity contribution < 1.29 is 9.59 Å². The number of carbonyl (C=O) groups is 2. The molecule has 0 radical (unpaired) electrons. The van der Waals surface area contributed by atoms with Crippen LogP contribution in [0.3, 0.4) is 0 Å². The Hall–Kier alpha value is -2.04. The van der Waals surface area contributed by atoms with Crippen LogP contribution in [0.1, 0.15) is 42.6 Å². The van der Waals surface area contributed by atoms with Crippen LogP contribution < -0.4 is 16.0 Å². The van der Waals surface area contributed by atoms with Gasteiger partial charge in [-0.15, -0.1) is 0 Å². The third-order valence-electron chi connectivity index (χ3n) is 3.00. The Morgan fingerprint density at radius 3 is 2.52 bits per heavy atom. The van der Waals surface area contributed by atoms with E-state index < -0.39 is 0 Å². The molecule has 0 unspecified atom stereocenters. The summed E-state index contributed by atoms with van der Waals surface area (Å²) in [6.45, 7) is 7.71. The fourth-order valence-electron chi connectivity index (χ4n) is 1.93. The number of aryl methyl sites for hydroxylation is 1. The van der Waals surface area contributed by atoms with Gasteiger partial charge >= 0.3 is 0 Å². The molecule has 21 heavy (non-hydrogen) atoms. The molecule has 0 aliphatic heterocycles. The molecule has 0 saturated heterocycles. The van der Waals surface area contributed by atoms with E-state index >= 15 is 0 Å². The number of nitrogens with one attached hydrogen (secondary N) is 3. The number of anilines is 1. The van der Waals surface area contributed by atoms with E-state index in [-0.39, 0.29) is 11.8 Å². The van der Waals surface area contributed by atoms with Crippen molar-refractivity contribution in [2.45, 2.75) is 33.6 Å². The first-order chi connectivity index (χ1) is 10.1. The Kier molecular flexibility index (Phi) is 7.29. The lowest BCUT2D eigenvalue weighted by atomic mass is 10.1. The SMILES string of the molecule is CCCNc1cc(C)ccc1C(=O)NCCC(=O)NCC. The molecule has 0 aliphatic rings. The van der Waals surface area contributed by atoms with Gasteiger partial charge in [-0.25, -0.2) is 0 Å². The molecule has 5 nitrogen and oxygen atoms in total. The van der Waals surface area contributed by atoms with Crippen LogP contribution in [0.4, 0.5) is 5.69 Å². The molecule has 0 spiro atoms. The molecule has 0 bridgehead atoms. The van der Waals surface area contributed by atoms with E-state index in [9.17, 15) is 9.59 Å². The minimum absolute atomic E-state index is 0.0500. The van der Waals surface area contributed by atoms with Crippen LogP contribution in [0.2, 0.25) is 0 Å². The van der Waals surface area contributed by atoms with Crippen molar-refractivity contribution in [2.24, 2.45) is 0 Å². The van der Waals surface area contributed by atoms with Gasteiger partial charge in [0.1, 0.15) is 0 Å². The van der Waals surface area contributed by atoms with Crippen LogP contribution in [-0.4, -0.2) is 31.4 Å². The second-order valence-electron chi connectivity index (χ2n) is 4.94. The zero-order valence-electron chi connectivity index (χ0n) is 13.1. The summed E-state index contributed by atoms with van der Waals surface area (Å²) < 4.78 is 0. The highest BCUT2D eigenvalue weighted by molar-refractivity contribution is 5.99. The van der Waals surface area contributed by atoms with Crippen molar-refractivity contribution in [3.8, 4) is 0 Å². The molecular weight excluding hydrogens is 266 g/mol. The predicted octanol–water partition coefficient (Wildman–Crippen LogP) is 2.07. The van der Waals surface area contributed by atoms with E-state index in [0.29, 0.717) is 25.1 Å². The summed E-state index contributed by atoms with van der Waals surface area (Å²) in [4.78, 5) is 23.5. The molecule has 3 N–H and O–H groups in total. The van der Waals surface area contributed by atoms with Gasteiger partial charge in [0.25, 0.3) is 5.91 Å². The van der Waals surface area contributed by atoms with Crippen LogP contribution in [0.5, 0.6) is 0 Å². The Morgan fingerprint density at radius 2 is 1.86 bits per heavy atom. The van der Waals surface area contributed by atoms with Gasteiger partial charge in [0.05, 0.1) is 5.56 Å². The van der Waals surface area contributed by atoms with Gasteiger partial charge in [0.2, 0.25) is 5.91 Å². The normalized spacial score (nSPS) is 10.0. The minimum Gasteiger partial charge on any atom is -0.384 e. The third kappa shape index (κ3) is 5.85. The van der Waals surface area contributed by atoms with Gasteiger partial charge in [0, 0.05) is 31.7 Å². The molecule has 2 amide bonds. The second-order valence-corrected chi connectivity index (χ2v) is 4.94. The van der Waals surface area contributed by atoms with Crippen LogP contribution in [0, 0.1) is 6.92 Å². The average Bonchev–Trinajstić information content (AvgIpc) is 2.45. The number of carbonyl (C=O) groups excluding carboxylic acids is 2. The van der Waals surface area contributed by atoms with E-state index in [2.05, 4.69) is 22.9 Å². The molecule has 0 heterocycles. The molecule has 1 aromatic rings. The number of benzene rings is 1. The maximum absolute atomic E-state index is 12.2.